The molecule has 0 atom stereocenters. The van der Waals surface area contributed by atoms with Crippen molar-refractivity contribution in [3.8, 4) is 0 Å². The minimum absolute atomic E-state index is 0.130. The molecule has 1 aliphatic heterocycles. The average Bonchev–Trinajstić information content (AvgIpc) is 2.90. The maximum Gasteiger partial charge on any atom is 0.229 e. The maximum atomic E-state index is 8.92. The predicted molar refractivity (Wildman–Crippen MR) is 89.9 cm³/mol. The van der Waals surface area contributed by atoms with Gasteiger partial charge in [-0.25, -0.2) is 15.0 Å². The summed E-state index contributed by atoms with van der Waals surface area (Å²) >= 11 is 0. The van der Waals surface area contributed by atoms with Gasteiger partial charge in [-0.3, -0.25) is 0 Å². The van der Waals surface area contributed by atoms with E-state index < -0.39 is 0 Å². The van der Waals surface area contributed by atoms with Gasteiger partial charge in [0.2, 0.25) is 5.71 Å². The van der Waals surface area contributed by atoms with Crippen molar-refractivity contribution in [1.29, 1.82) is 0 Å². The Balaban J connectivity index is 1.81. The van der Waals surface area contributed by atoms with Gasteiger partial charge in [0.1, 0.15) is 11.8 Å². The molecule has 0 spiro atoms. The molecule has 0 aliphatic carbocycles. The number of furan rings is 1. The Bertz CT molecular complexity index is 904. The highest BCUT2D eigenvalue weighted by Crippen LogP contribution is 2.34. The molecular weight excluding hydrogens is 308 g/mol. The van der Waals surface area contributed by atoms with E-state index in [9.17, 15) is 0 Å². The maximum absolute atomic E-state index is 8.92. The summed E-state index contributed by atoms with van der Waals surface area (Å²) in [6.07, 6.45) is 2.91. The first kappa shape index (κ1) is 15.3. The molecule has 4 heterocycles. The van der Waals surface area contributed by atoms with Gasteiger partial charge in [-0.2, -0.15) is 0 Å². The molecule has 0 saturated heterocycles. The van der Waals surface area contributed by atoms with Crippen LogP contribution in [0.4, 0.5) is 5.82 Å². The molecule has 1 aliphatic rings. The molecule has 0 fully saturated rings. The van der Waals surface area contributed by atoms with Gasteiger partial charge in [0.15, 0.2) is 11.4 Å². The number of ether oxygens (including phenoxy) is 1. The molecule has 0 bridgehead atoms. The summed E-state index contributed by atoms with van der Waals surface area (Å²) in [5.74, 6) is 0.626. The van der Waals surface area contributed by atoms with E-state index in [1.807, 2.05) is 0 Å². The summed E-state index contributed by atoms with van der Waals surface area (Å²) in [4.78, 5) is 13.3. The third-order valence-electron chi connectivity index (χ3n) is 4.25. The second-order valence-electron chi connectivity index (χ2n) is 6.68. The van der Waals surface area contributed by atoms with Gasteiger partial charge in [-0.1, -0.05) is 0 Å². The van der Waals surface area contributed by atoms with E-state index in [2.05, 4.69) is 35.2 Å². The topological polar surface area (TPSA) is 93.3 Å². The number of nitrogens with zero attached hydrogens (tertiary/aromatic N) is 3. The number of hydrogen-bond donors (Lipinski definition) is 2. The Morgan fingerprint density at radius 2 is 2.21 bits per heavy atom. The zero-order valence-corrected chi connectivity index (χ0v) is 13.8. The van der Waals surface area contributed by atoms with Crippen molar-refractivity contribution < 1.29 is 14.3 Å². The van der Waals surface area contributed by atoms with Gasteiger partial charge in [0, 0.05) is 25.1 Å². The normalized spacial score (nSPS) is 16.5. The molecule has 3 aromatic rings. The van der Waals surface area contributed by atoms with E-state index in [4.69, 9.17) is 19.2 Å². The van der Waals surface area contributed by atoms with Crippen LogP contribution in [0.2, 0.25) is 0 Å². The third-order valence-corrected chi connectivity index (χ3v) is 4.25. The van der Waals surface area contributed by atoms with Crippen molar-refractivity contribution in [1.82, 2.24) is 15.0 Å². The van der Waals surface area contributed by atoms with Gasteiger partial charge in [0.05, 0.1) is 23.3 Å². The van der Waals surface area contributed by atoms with E-state index in [-0.39, 0.29) is 12.2 Å². The molecule has 2 N–H and O–H groups in total. The Morgan fingerprint density at radius 1 is 1.33 bits per heavy atom. The molecule has 3 aromatic heterocycles. The number of aromatic nitrogens is 3. The minimum atomic E-state index is -0.212. The lowest BCUT2D eigenvalue weighted by atomic mass is 9.95. The number of hydrogen-bond acceptors (Lipinski definition) is 7. The molecule has 0 radical (unpaired) electrons. The van der Waals surface area contributed by atoms with E-state index in [1.165, 1.54) is 6.33 Å². The Morgan fingerprint density at radius 3 is 3.04 bits per heavy atom. The lowest BCUT2D eigenvalue weighted by molar-refractivity contribution is -0.0411. The summed E-state index contributed by atoms with van der Waals surface area (Å²) < 4.78 is 11.8. The van der Waals surface area contributed by atoms with Gasteiger partial charge < -0.3 is 19.6 Å². The van der Waals surface area contributed by atoms with Crippen molar-refractivity contribution in [3.05, 3.63) is 23.7 Å². The smallest absolute Gasteiger partial charge is 0.229 e. The first-order valence-corrected chi connectivity index (χ1v) is 8.12. The SMILES string of the molecule is CC1(C)Cc2nc3oc4c(NCCCO)ncnc4c3cc2CO1. The van der Waals surface area contributed by atoms with Crippen LogP contribution in [0.15, 0.2) is 16.8 Å². The lowest BCUT2D eigenvalue weighted by Gasteiger charge is -2.30. The van der Waals surface area contributed by atoms with Crippen molar-refractivity contribution in [2.24, 2.45) is 0 Å². The van der Waals surface area contributed by atoms with E-state index in [0.717, 1.165) is 28.6 Å². The molecule has 24 heavy (non-hydrogen) atoms. The van der Waals surface area contributed by atoms with Gasteiger partial charge >= 0.3 is 0 Å². The fourth-order valence-corrected chi connectivity index (χ4v) is 3.00. The number of nitrogens with one attached hydrogen (secondary N) is 1. The van der Waals surface area contributed by atoms with Crippen LogP contribution in [0.1, 0.15) is 31.5 Å². The summed E-state index contributed by atoms with van der Waals surface area (Å²) in [6, 6.07) is 2.06. The molecule has 126 valence electrons. The highest BCUT2D eigenvalue weighted by Gasteiger charge is 2.28. The monoisotopic (exact) mass is 328 g/mol. The highest BCUT2D eigenvalue weighted by molar-refractivity contribution is 6.04. The fraction of sp³-hybridized carbons (Fsp3) is 0.471. The number of aliphatic hydroxyl groups is 1. The van der Waals surface area contributed by atoms with Crippen LogP contribution in [0, 0.1) is 0 Å². The first-order valence-electron chi connectivity index (χ1n) is 8.12. The predicted octanol–water partition coefficient (Wildman–Crippen LogP) is 2.42. The van der Waals surface area contributed by atoms with Crippen molar-refractivity contribution in [3.63, 3.8) is 0 Å². The zero-order valence-electron chi connectivity index (χ0n) is 13.8. The van der Waals surface area contributed by atoms with E-state index in [1.54, 1.807) is 0 Å². The molecule has 0 aromatic carbocycles. The molecule has 0 unspecified atom stereocenters. The van der Waals surface area contributed by atoms with Crippen LogP contribution >= 0.6 is 0 Å². The van der Waals surface area contributed by atoms with Gasteiger partial charge in [-0.05, 0) is 26.3 Å². The molecule has 4 rings (SSSR count). The van der Waals surface area contributed by atoms with Gasteiger partial charge in [0.25, 0.3) is 0 Å². The summed E-state index contributed by atoms with van der Waals surface area (Å²) in [6.45, 7) is 5.42. The minimum Gasteiger partial charge on any atom is -0.432 e. The van der Waals surface area contributed by atoms with E-state index >= 15 is 0 Å². The number of anilines is 1. The van der Waals surface area contributed by atoms with Crippen LogP contribution in [0.3, 0.4) is 0 Å². The lowest BCUT2D eigenvalue weighted by Crippen LogP contribution is -2.32. The van der Waals surface area contributed by atoms with Crippen molar-refractivity contribution in [2.75, 3.05) is 18.5 Å². The average molecular weight is 328 g/mol. The second-order valence-corrected chi connectivity index (χ2v) is 6.68. The highest BCUT2D eigenvalue weighted by atomic mass is 16.5. The van der Waals surface area contributed by atoms with Gasteiger partial charge in [-0.15, -0.1) is 0 Å². The van der Waals surface area contributed by atoms with Crippen molar-refractivity contribution >= 4 is 28.0 Å². The largest absolute Gasteiger partial charge is 0.432 e. The number of aliphatic hydroxyl groups excluding tert-OH is 1. The number of rotatable bonds is 4. The first-order chi connectivity index (χ1) is 11.6. The zero-order chi connectivity index (χ0) is 16.7. The molecule has 7 heteroatoms. The Hall–Kier alpha value is -2.25. The summed E-state index contributed by atoms with van der Waals surface area (Å²) in [5, 5.41) is 13.0. The Labute approximate surface area is 139 Å². The number of pyridine rings is 1. The van der Waals surface area contributed by atoms with Crippen LogP contribution in [-0.4, -0.2) is 38.8 Å². The molecule has 0 saturated carbocycles. The van der Waals surface area contributed by atoms with Crippen LogP contribution in [0.5, 0.6) is 0 Å². The molecule has 0 amide bonds. The van der Waals surface area contributed by atoms with E-state index in [0.29, 0.717) is 36.7 Å². The Kier molecular flexibility index (Phi) is 3.62. The van der Waals surface area contributed by atoms with Crippen molar-refractivity contribution in [2.45, 2.75) is 38.9 Å². The summed E-state index contributed by atoms with van der Waals surface area (Å²) in [5.41, 5.74) is 3.80. The second kappa shape index (κ2) is 5.68. The fourth-order valence-electron chi connectivity index (χ4n) is 3.00. The molecule has 7 nitrogen and oxygen atoms in total. The summed E-state index contributed by atoms with van der Waals surface area (Å²) in [7, 11) is 0. The quantitative estimate of drug-likeness (QED) is 0.710. The molecular formula is C17H20N4O3. The van der Waals surface area contributed by atoms with Crippen LogP contribution in [0.25, 0.3) is 22.2 Å². The standard InChI is InChI=1S/C17H20N4O3/c1-17(2)7-12-10(8-23-17)6-11-13-14(24-16(11)21-12)15(20-9-19-13)18-4-3-5-22/h6,9,22H,3-5,7-8H2,1-2H3,(H,18,19,20). The van der Waals surface area contributed by atoms with Crippen LogP contribution < -0.4 is 5.32 Å². The third kappa shape index (κ3) is 2.59. The number of fused-ring (bicyclic) bond motifs is 4. The van der Waals surface area contributed by atoms with Crippen LogP contribution in [-0.2, 0) is 17.8 Å².